The largest absolute Gasteiger partial charge is 0.377 e. The normalized spacial score (nSPS) is 17.1. The summed E-state index contributed by atoms with van der Waals surface area (Å²) in [5.74, 6) is -0.0358. The van der Waals surface area contributed by atoms with Crippen LogP contribution in [0.3, 0.4) is 0 Å². The molecule has 2 aromatic carbocycles. The van der Waals surface area contributed by atoms with E-state index in [1.54, 1.807) is 0 Å². The lowest BCUT2D eigenvalue weighted by atomic mass is 10.0. The third-order valence-electron chi connectivity index (χ3n) is 3.97. The molecule has 0 saturated carbocycles. The maximum atomic E-state index is 12.2. The van der Waals surface area contributed by atoms with E-state index in [0.29, 0.717) is 6.54 Å². The van der Waals surface area contributed by atoms with Crippen LogP contribution in [0.25, 0.3) is 11.1 Å². The van der Waals surface area contributed by atoms with Gasteiger partial charge in [0, 0.05) is 24.4 Å². The maximum Gasteiger partial charge on any atom is 0.238 e. The molecule has 1 saturated heterocycles. The standard InChI is InChI=1S/C19H22N2O2/c22-19(14-20-13-16-9-6-12-23-16)21-18-11-5-4-10-17(18)15-7-2-1-3-8-15/h1-5,7-8,10-11,16,20H,6,9,12-14H2,(H,21,22)/t16-/m1/s1. The first-order chi connectivity index (χ1) is 11.3. The number of benzene rings is 2. The minimum Gasteiger partial charge on any atom is -0.377 e. The Balaban J connectivity index is 1.58. The molecule has 4 nitrogen and oxygen atoms in total. The first kappa shape index (κ1) is 15.7. The van der Waals surface area contributed by atoms with Crippen molar-refractivity contribution in [2.45, 2.75) is 18.9 Å². The van der Waals surface area contributed by atoms with Gasteiger partial charge in [-0.15, -0.1) is 0 Å². The zero-order valence-corrected chi connectivity index (χ0v) is 13.1. The number of carbonyl (C=O) groups is 1. The number of nitrogens with one attached hydrogen (secondary N) is 2. The van der Waals surface area contributed by atoms with Gasteiger partial charge in [0.1, 0.15) is 0 Å². The third kappa shape index (κ3) is 4.41. The topological polar surface area (TPSA) is 50.4 Å². The molecule has 2 N–H and O–H groups in total. The van der Waals surface area contributed by atoms with Gasteiger partial charge in [-0.1, -0.05) is 48.5 Å². The summed E-state index contributed by atoms with van der Waals surface area (Å²) in [5, 5.41) is 6.16. The SMILES string of the molecule is O=C(CNC[C@H]1CCCO1)Nc1ccccc1-c1ccccc1. The highest BCUT2D eigenvalue weighted by Gasteiger charge is 2.15. The van der Waals surface area contributed by atoms with Crippen LogP contribution in [0.4, 0.5) is 5.69 Å². The Kier molecular flexibility index (Phi) is 5.40. The lowest BCUT2D eigenvalue weighted by Gasteiger charge is -2.13. The van der Waals surface area contributed by atoms with E-state index in [9.17, 15) is 4.79 Å². The predicted molar refractivity (Wildman–Crippen MR) is 92.4 cm³/mol. The second-order valence-electron chi connectivity index (χ2n) is 5.73. The van der Waals surface area contributed by atoms with Crippen LogP contribution in [0.5, 0.6) is 0 Å². The molecule has 1 fully saturated rings. The van der Waals surface area contributed by atoms with Gasteiger partial charge in [-0.2, -0.15) is 0 Å². The Morgan fingerprint density at radius 1 is 1.09 bits per heavy atom. The van der Waals surface area contributed by atoms with E-state index in [-0.39, 0.29) is 12.0 Å². The van der Waals surface area contributed by atoms with Gasteiger partial charge in [-0.25, -0.2) is 0 Å². The summed E-state index contributed by atoms with van der Waals surface area (Å²) >= 11 is 0. The molecule has 1 amide bonds. The fourth-order valence-electron chi connectivity index (χ4n) is 2.81. The number of anilines is 1. The fourth-order valence-corrected chi connectivity index (χ4v) is 2.81. The molecular weight excluding hydrogens is 288 g/mol. The van der Waals surface area contributed by atoms with Crippen molar-refractivity contribution in [3.8, 4) is 11.1 Å². The first-order valence-corrected chi connectivity index (χ1v) is 8.09. The summed E-state index contributed by atoms with van der Waals surface area (Å²) in [4.78, 5) is 12.2. The van der Waals surface area contributed by atoms with Gasteiger partial charge in [-0.05, 0) is 24.5 Å². The molecule has 120 valence electrons. The molecule has 0 spiro atoms. The average Bonchev–Trinajstić information content (AvgIpc) is 3.09. The summed E-state index contributed by atoms with van der Waals surface area (Å²) in [5.41, 5.74) is 2.96. The van der Waals surface area contributed by atoms with E-state index < -0.39 is 0 Å². The van der Waals surface area contributed by atoms with Crippen LogP contribution >= 0.6 is 0 Å². The van der Waals surface area contributed by atoms with E-state index in [2.05, 4.69) is 10.6 Å². The molecule has 4 heteroatoms. The lowest BCUT2D eigenvalue weighted by molar-refractivity contribution is -0.115. The van der Waals surface area contributed by atoms with Gasteiger partial charge in [0.05, 0.1) is 12.6 Å². The highest BCUT2D eigenvalue weighted by atomic mass is 16.5. The van der Waals surface area contributed by atoms with Gasteiger partial charge in [-0.3, -0.25) is 4.79 Å². The van der Waals surface area contributed by atoms with Crippen LogP contribution < -0.4 is 10.6 Å². The number of para-hydroxylation sites is 1. The van der Waals surface area contributed by atoms with Crippen LogP contribution in [0.2, 0.25) is 0 Å². The Morgan fingerprint density at radius 2 is 1.87 bits per heavy atom. The zero-order valence-electron chi connectivity index (χ0n) is 13.1. The van der Waals surface area contributed by atoms with E-state index in [4.69, 9.17) is 4.74 Å². The monoisotopic (exact) mass is 310 g/mol. The number of ether oxygens (including phenoxy) is 1. The Bertz CT molecular complexity index is 637. The van der Waals surface area contributed by atoms with Crippen molar-refractivity contribution >= 4 is 11.6 Å². The second kappa shape index (κ2) is 7.90. The quantitative estimate of drug-likeness (QED) is 0.862. The molecule has 1 atom stereocenters. The Labute approximate surface area is 136 Å². The van der Waals surface area contributed by atoms with Gasteiger partial charge < -0.3 is 15.4 Å². The fraction of sp³-hybridized carbons (Fsp3) is 0.316. The minimum atomic E-state index is -0.0358. The number of rotatable bonds is 6. The van der Waals surface area contributed by atoms with Crippen LogP contribution in [0.1, 0.15) is 12.8 Å². The molecule has 1 heterocycles. The van der Waals surface area contributed by atoms with Crippen LogP contribution in [0.15, 0.2) is 54.6 Å². The van der Waals surface area contributed by atoms with Crippen molar-refractivity contribution in [3.05, 3.63) is 54.6 Å². The molecule has 0 aliphatic carbocycles. The van der Waals surface area contributed by atoms with Crippen LogP contribution in [-0.4, -0.2) is 31.7 Å². The van der Waals surface area contributed by atoms with Gasteiger partial charge in [0.25, 0.3) is 0 Å². The molecular formula is C19H22N2O2. The lowest BCUT2D eigenvalue weighted by Crippen LogP contribution is -2.33. The Hall–Kier alpha value is -2.17. The van der Waals surface area contributed by atoms with Crippen molar-refractivity contribution in [2.75, 3.05) is 25.0 Å². The molecule has 23 heavy (non-hydrogen) atoms. The van der Waals surface area contributed by atoms with E-state index in [1.807, 2.05) is 54.6 Å². The smallest absolute Gasteiger partial charge is 0.238 e. The van der Waals surface area contributed by atoms with Crippen molar-refractivity contribution < 1.29 is 9.53 Å². The van der Waals surface area contributed by atoms with E-state index >= 15 is 0 Å². The van der Waals surface area contributed by atoms with Gasteiger partial charge in [0.15, 0.2) is 0 Å². The first-order valence-electron chi connectivity index (χ1n) is 8.09. The summed E-state index contributed by atoms with van der Waals surface area (Å²) in [6.07, 6.45) is 2.44. The summed E-state index contributed by atoms with van der Waals surface area (Å²) < 4.78 is 5.54. The van der Waals surface area contributed by atoms with Crippen molar-refractivity contribution in [1.29, 1.82) is 0 Å². The molecule has 0 unspecified atom stereocenters. The second-order valence-corrected chi connectivity index (χ2v) is 5.73. The summed E-state index contributed by atoms with van der Waals surface area (Å²) in [7, 11) is 0. The number of carbonyl (C=O) groups excluding carboxylic acids is 1. The maximum absolute atomic E-state index is 12.2. The number of hydrogen-bond acceptors (Lipinski definition) is 3. The molecule has 0 radical (unpaired) electrons. The molecule has 2 aromatic rings. The van der Waals surface area contributed by atoms with Crippen LogP contribution in [-0.2, 0) is 9.53 Å². The van der Waals surface area contributed by atoms with Gasteiger partial charge >= 0.3 is 0 Å². The number of amides is 1. The van der Waals surface area contributed by atoms with Gasteiger partial charge in [0.2, 0.25) is 5.91 Å². The predicted octanol–water partition coefficient (Wildman–Crippen LogP) is 3.06. The third-order valence-corrected chi connectivity index (χ3v) is 3.97. The average molecular weight is 310 g/mol. The highest BCUT2D eigenvalue weighted by molar-refractivity contribution is 5.96. The molecule has 1 aliphatic rings. The van der Waals surface area contributed by atoms with Crippen LogP contribution in [0, 0.1) is 0 Å². The molecule has 0 bridgehead atoms. The molecule has 0 aromatic heterocycles. The summed E-state index contributed by atoms with van der Waals surface area (Å²) in [6, 6.07) is 17.9. The van der Waals surface area contributed by atoms with Crippen molar-refractivity contribution in [2.24, 2.45) is 0 Å². The summed E-state index contributed by atoms with van der Waals surface area (Å²) in [6.45, 7) is 1.86. The molecule has 1 aliphatic heterocycles. The zero-order chi connectivity index (χ0) is 15.9. The Morgan fingerprint density at radius 3 is 2.65 bits per heavy atom. The minimum absolute atomic E-state index is 0.0358. The molecule has 3 rings (SSSR count). The number of hydrogen-bond donors (Lipinski definition) is 2. The van der Waals surface area contributed by atoms with Crippen molar-refractivity contribution in [3.63, 3.8) is 0 Å². The van der Waals surface area contributed by atoms with E-state index in [1.165, 1.54) is 0 Å². The van der Waals surface area contributed by atoms with E-state index in [0.717, 1.165) is 42.8 Å². The highest BCUT2D eigenvalue weighted by Crippen LogP contribution is 2.27. The van der Waals surface area contributed by atoms with Crippen molar-refractivity contribution in [1.82, 2.24) is 5.32 Å².